The summed E-state index contributed by atoms with van der Waals surface area (Å²) in [5.74, 6) is 2.13. The molecular formula is C13H20N6O2. The third kappa shape index (κ3) is 3.38. The van der Waals surface area contributed by atoms with Gasteiger partial charge in [-0.3, -0.25) is 0 Å². The van der Waals surface area contributed by atoms with E-state index in [1.54, 1.807) is 13.4 Å². The third-order valence-electron chi connectivity index (χ3n) is 3.75. The van der Waals surface area contributed by atoms with Crippen molar-refractivity contribution in [2.75, 3.05) is 25.6 Å². The van der Waals surface area contributed by atoms with E-state index in [1.165, 1.54) is 6.42 Å². The smallest absolute Gasteiger partial charge is 0.315 e. The number of rotatable bonds is 8. The number of nitrogens with zero attached hydrogens (tertiary/aromatic N) is 5. The standard InChI is InChI=1S/C13H20N6O2/c1-20-8-7-19-9-15-16-11(19)5-6-14-13-18-17-12(21-13)10-3-2-4-10/h9-10H,2-8H2,1H3,(H,14,18). The van der Waals surface area contributed by atoms with Gasteiger partial charge < -0.3 is 19.0 Å². The molecule has 8 heteroatoms. The Balaban J connectivity index is 1.47. The van der Waals surface area contributed by atoms with Crippen molar-refractivity contribution < 1.29 is 9.15 Å². The van der Waals surface area contributed by atoms with Gasteiger partial charge in [-0.15, -0.1) is 15.3 Å². The van der Waals surface area contributed by atoms with Crippen molar-refractivity contribution in [3.63, 3.8) is 0 Å². The van der Waals surface area contributed by atoms with Gasteiger partial charge in [-0.1, -0.05) is 11.5 Å². The lowest BCUT2D eigenvalue weighted by atomic mass is 9.85. The molecule has 1 fully saturated rings. The van der Waals surface area contributed by atoms with Crippen molar-refractivity contribution in [2.45, 2.75) is 38.1 Å². The first kappa shape index (κ1) is 14.0. The second-order valence-corrected chi connectivity index (χ2v) is 5.18. The quantitative estimate of drug-likeness (QED) is 0.782. The molecule has 0 amide bonds. The van der Waals surface area contributed by atoms with E-state index in [0.29, 0.717) is 25.1 Å². The van der Waals surface area contributed by atoms with Gasteiger partial charge in [-0.25, -0.2) is 0 Å². The topological polar surface area (TPSA) is 90.9 Å². The lowest BCUT2D eigenvalue weighted by molar-refractivity contribution is 0.186. The van der Waals surface area contributed by atoms with Crippen LogP contribution in [0.1, 0.15) is 36.9 Å². The number of ether oxygens (including phenoxy) is 1. The van der Waals surface area contributed by atoms with Gasteiger partial charge in [-0.2, -0.15) is 0 Å². The highest BCUT2D eigenvalue weighted by Gasteiger charge is 2.25. The highest BCUT2D eigenvalue weighted by atomic mass is 16.5. The summed E-state index contributed by atoms with van der Waals surface area (Å²) in [5.41, 5.74) is 0. The maximum atomic E-state index is 5.61. The summed E-state index contributed by atoms with van der Waals surface area (Å²) in [7, 11) is 1.68. The number of hydrogen-bond acceptors (Lipinski definition) is 7. The van der Waals surface area contributed by atoms with Gasteiger partial charge >= 0.3 is 6.01 Å². The van der Waals surface area contributed by atoms with E-state index in [-0.39, 0.29) is 0 Å². The van der Waals surface area contributed by atoms with Gasteiger partial charge in [0.05, 0.1) is 6.61 Å². The summed E-state index contributed by atoms with van der Waals surface area (Å²) in [5, 5.41) is 19.3. The van der Waals surface area contributed by atoms with Crippen LogP contribution in [0.2, 0.25) is 0 Å². The van der Waals surface area contributed by atoms with Crippen LogP contribution in [-0.2, 0) is 17.7 Å². The summed E-state index contributed by atoms with van der Waals surface area (Å²) >= 11 is 0. The molecule has 1 aliphatic carbocycles. The molecule has 0 saturated heterocycles. The second-order valence-electron chi connectivity index (χ2n) is 5.18. The number of anilines is 1. The SMILES string of the molecule is COCCn1cnnc1CCNc1nnc(C2CCC2)o1. The van der Waals surface area contributed by atoms with Crippen LogP contribution in [0.3, 0.4) is 0 Å². The highest BCUT2D eigenvalue weighted by molar-refractivity contribution is 5.18. The predicted octanol–water partition coefficient (Wildman–Crippen LogP) is 1.23. The van der Waals surface area contributed by atoms with E-state index in [0.717, 1.165) is 37.5 Å². The van der Waals surface area contributed by atoms with Crippen molar-refractivity contribution in [1.82, 2.24) is 25.0 Å². The molecule has 0 radical (unpaired) electrons. The van der Waals surface area contributed by atoms with Gasteiger partial charge in [0, 0.05) is 32.5 Å². The Kier molecular flexibility index (Phi) is 4.44. The normalized spacial score (nSPS) is 15.1. The van der Waals surface area contributed by atoms with Crippen molar-refractivity contribution in [2.24, 2.45) is 0 Å². The molecule has 0 bridgehead atoms. The van der Waals surface area contributed by atoms with E-state index in [4.69, 9.17) is 9.15 Å². The Morgan fingerprint density at radius 1 is 1.38 bits per heavy atom. The molecule has 0 aromatic carbocycles. The van der Waals surface area contributed by atoms with Crippen molar-refractivity contribution in [1.29, 1.82) is 0 Å². The summed E-state index contributed by atoms with van der Waals surface area (Å²) in [6.07, 6.45) is 6.03. The van der Waals surface area contributed by atoms with E-state index in [1.807, 2.05) is 4.57 Å². The van der Waals surface area contributed by atoms with Crippen LogP contribution in [0, 0.1) is 0 Å². The van der Waals surface area contributed by atoms with Crippen molar-refractivity contribution in [3.8, 4) is 0 Å². The molecule has 3 rings (SSSR count). The number of aromatic nitrogens is 5. The van der Waals surface area contributed by atoms with Crippen LogP contribution in [-0.4, -0.2) is 45.2 Å². The van der Waals surface area contributed by atoms with Crippen LogP contribution in [0.25, 0.3) is 0 Å². The lowest BCUT2D eigenvalue weighted by Crippen LogP contribution is -2.12. The molecule has 1 N–H and O–H groups in total. The van der Waals surface area contributed by atoms with Crippen LogP contribution >= 0.6 is 0 Å². The second kappa shape index (κ2) is 6.66. The summed E-state index contributed by atoms with van der Waals surface area (Å²) in [4.78, 5) is 0. The summed E-state index contributed by atoms with van der Waals surface area (Å²) < 4.78 is 12.7. The fraction of sp³-hybridized carbons (Fsp3) is 0.692. The van der Waals surface area contributed by atoms with Crippen LogP contribution in [0.4, 0.5) is 6.01 Å². The summed E-state index contributed by atoms with van der Waals surface area (Å²) in [6, 6.07) is 0.486. The van der Waals surface area contributed by atoms with Crippen molar-refractivity contribution in [3.05, 3.63) is 18.0 Å². The number of methoxy groups -OCH3 is 1. The average Bonchev–Trinajstić information content (AvgIpc) is 3.05. The molecule has 1 saturated carbocycles. The molecule has 114 valence electrons. The first-order chi connectivity index (χ1) is 10.4. The van der Waals surface area contributed by atoms with Gasteiger partial charge in [0.2, 0.25) is 5.89 Å². The van der Waals surface area contributed by atoms with E-state index in [2.05, 4.69) is 25.7 Å². The zero-order chi connectivity index (χ0) is 14.5. The van der Waals surface area contributed by atoms with Gasteiger partial charge in [-0.05, 0) is 12.8 Å². The van der Waals surface area contributed by atoms with Gasteiger partial charge in [0.1, 0.15) is 12.2 Å². The Hall–Kier alpha value is -1.96. The van der Waals surface area contributed by atoms with E-state index in [9.17, 15) is 0 Å². The lowest BCUT2D eigenvalue weighted by Gasteiger charge is -2.20. The molecule has 0 aliphatic heterocycles. The minimum atomic E-state index is 0.463. The first-order valence-electron chi connectivity index (χ1n) is 7.29. The van der Waals surface area contributed by atoms with Gasteiger partial charge in [0.25, 0.3) is 0 Å². The molecule has 2 aromatic rings. The average molecular weight is 292 g/mol. The molecule has 0 spiro atoms. The largest absolute Gasteiger partial charge is 0.408 e. The fourth-order valence-electron chi connectivity index (χ4n) is 2.26. The molecule has 2 aromatic heterocycles. The minimum Gasteiger partial charge on any atom is -0.408 e. The van der Waals surface area contributed by atoms with Crippen molar-refractivity contribution >= 4 is 6.01 Å². The maximum Gasteiger partial charge on any atom is 0.315 e. The highest BCUT2D eigenvalue weighted by Crippen LogP contribution is 2.35. The molecule has 0 unspecified atom stereocenters. The van der Waals surface area contributed by atoms with E-state index < -0.39 is 0 Å². The number of hydrogen-bond donors (Lipinski definition) is 1. The van der Waals surface area contributed by atoms with Gasteiger partial charge in [0.15, 0.2) is 0 Å². The molecule has 21 heavy (non-hydrogen) atoms. The Morgan fingerprint density at radius 2 is 2.29 bits per heavy atom. The first-order valence-corrected chi connectivity index (χ1v) is 7.29. The monoisotopic (exact) mass is 292 g/mol. The third-order valence-corrected chi connectivity index (χ3v) is 3.75. The zero-order valence-corrected chi connectivity index (χ0v) is 12.2. The molecular weight excluding hydrogens is 272 g/mol. The Labute approximate surface area is 122 Å². The molecule has 2 heterocycles. The zero-order valence-electron chi connectivity index (χ0n) is 12.2. The minimum absolute atomic E-state index is 0.463. The Bertz CT molecular complexity index is 563. The fourth-order valence-corrected chi connectivity index (χ4v) is 2.26. The summed E-state index contributed by atoms with van der Waals surface area (Å²) in [6.45, 7) is 2.08. The van der Waals surface area contributed by atoms with Crippen LogP contribution < -0.4 is 5.32 Å². The Morgan fingerprint density at radius 3 is 3.05 bits per heavy atom. The van der Waals surface area contributed by atoms with Crippen LogP contribution in [0.5, 0.6) is 0 Å². The maximum absolute atomic E-state index is 5.61. The molecule has 1 aliphatic rings. The number of nitrogens with one attached hydrogen (secondary N) is 1. The van der Waals surface area contributed by atoms with Crippen LogP contribution in [0.15, 0.2) is 10.7 Å². The molecule has 8 nitrogen and oxygen atoms in total. The van der Waals surface area contributed by atoms with E-state index >= 15 is 0 Å². The molecule has 0 atom stereocenters. The predicted molar refractivity (Wildman–Crippen MR) is 75.0 cm³/mol.